The topological polar surface area (TPSA) is 64.4 Å². The van der Waals surface area contributed by atoms with Gasteiger partial charge < -0.3 is 9.84 Å². The van der Waals surface area contributed by atoms with Gasteiger partial charge in [0.1, 0.15) is 5.75 Å². The highest BCUT2D eigenvalue weighted by Crippen LogP contribution is 2.39. The summed E-state index contributed by atoms with van der Waals surface area (Å²) in [7, 11) is 0. The van der Waals surface area contributed by atoms with Gasteiger partial charge in [0.05, 0.1) is 24.8 Å². The zero-order valence-corrected chi connectivity index (χ0v) is 15.2. The lowest BCUT2D eigenvalue weighted by molar-refractivity contribution is -0.138. The Morgan fingerprint density at radius 3 is 2.59 bits per heavy atom. The lowest BCUT2D eigenvalue weighted by Crippen LogP contribution is -2.06. The summed E-state index contributed by atoms with van der Waals surface area (Å²) in [5.41, 5.74) is 4.40. The lowest BCUT2D eigenvalue weighted by Gasteiger charge is -2.06. The highest BCUT2D eigenvalue weighted by molar-refractivity contribution is 5.73. The summed E-state index contributed by atoms with van der Waals surface area (Å²) >= 11 is 0. The van der Waals surface area contributed by atoms with Crippen molar-refractivity contribution in [2.75, 3.05) is 6.61 Å². The van der Waals surface area contributed by atoms with Crippen LogP contribution in [0.3, 0.4) is 0 Å². The van der Waals surface area contributed by atoms with Crippen LogP contribution in [0.4, 0.5) is 0 Å². The van der Waals surface area contributed by atoms with E-state index in [2.05, 4.69) is 23.4 Å². The molecule has 5 heteroatoms. The fraction of sp³-hybridized carbons (Fsp3) is 0.273. The summed E-state index contributed by atoms with van der Waals surface area (Å²) in [5, 5.41) is 13.6. The van der Waals surface area contributed by atoms with Crippen LogP contribution in [0.1, 0.15) is 17.7 Å². The molecule has 0 bridgehead atoms. The van der Waals surface area contributed by atoms with E-state index in [0.717, 1.165) is 29.1 Å². The molecule has 0 spiro atoms. The fourth-order valence-electron chi connectivity index (χ4n) is 3.32. The zero-order chi connectivity index (χ0) is 18.8. The summed E-state index contributed by atoms with van der Waals surface area (Å²) in [6.07, 6.45) is 2.78. The van der Waals surface area contributed by atoms with E-state index in [9.17, 15) is 4.79 Å². The standard InChI is InChI=1S/C22H22N2O3/c1-15-21(13-24(23-15)12-16-5-3-2-4-6-16)17-7-9-19(10-8-17)27-14-18-11-20(18)22(25)26/h2-10,13,18,20H,11-12,14H2,1H3,(H,25,26)/t18-,20+/m0/s1. The molecule has 4 rings (SSSR count). The summed E-state index contributed by atoms with van der Waals surface area (Å²) < 4.78 is 7.69. The van der Waals surface area contributed by atoms with E-state index in [4.69, 9.17) is 9.84 Å². The second kappa shape index (κ2) is 7.27. The minimum absolute atomic E-state index is 0.139. The number of ether oxygens (including phenoxy) is 1. The molecule has 0 aliphatic heterocycles. The van der Waals surface area contributed by atoms with E-state index in [-0.39, 0.29) is 11.8 Å². The molecule has 2 aromatic carbocycles. The van der Waals surface area contributed by atoms with Crippen molar-refractivity contribution in [1.29, 1.82) is 0 Å². The van der Waals surface area contributed by atoms with Crippen molar-refractivity contribution < 1.29 is 14.6 Å². The van der Waals surface area contributed by atoms with Crippen LogP contribution in [-0.4, -0.2) is 27.5 Å². The Hall–Kier alpha value is -3.08. The number of nitrogens with zero attached hydrogens (tertiary/aromatic N) is 2. The molecular weight excluding hydrogens is 340 g/mol. The van der Waals surface area contributed by atoms with E-state index in [1.807, 2.05) is 54.1 Å². The van der Waals surface area contributed by atoms with Crippen LogP contribution in [-0.2, 0) is 11.3 Å². The Morgan fingerprint density at radius 2 is 1.93 bits per heavy atom. The molecule has 5 nitrogen and oxygen atoms in total. The van der Waals surface area contributed by atoms with E-state index < -0.39 is 5.97 Å². The molecule has 0 unspecified atom stereocenters. The molecule has 1 heterocycles. The maximum atomic E-state index is 10.9. The Labute approximate surface area is 158 Å². The van der Waals surface area contributed by atoms with Crippen molar-refractivity contribution >= 4 is 5.97 Å². The summed E-state index contributed by atoms with van der Waals surface area (Å²) in [6, 6.07) is 18.2. The molecule has 1 fully saturated rings. The SMILES string of the molecule is Cc1nn(Cc2ccccc2)cc1-c1ccc(OC[C@@H]2C[C@H]2C(=O)O)cc1. The second-order valence-corrected chi connectivity index (χ2v) is 7.09. The van der Waals surface area contributed by atoms with E-state index in [0.29, 0.717) is 13.0 Å². The van der Waals surface area contributed by atoms with Gasteiger partial charge in [0.15, 0.2) is 0 Å². The predicted octanol–water partition coefficient (Wildman–Crippen LogP) is 4.01. The van der Waals surface area contributed by atoms with Gasteiger partial charge in [-0.3, -0.25) is 9.48 Å². The average molecular weight is 362 g/mol. The number of carbonyl (C=O) groups is 1. The van der Waals surface area contributed by atoms with Gasteiger partial charge >= 0.3 is 5.97 Å². The molecule has 3 aromatic rings. The van der Waals surface area contributed by atoms with Crippen LogP contribution in [0.15, 0.2) is 60.8 Å². The summed E-state index contributed by atoms with van der Waals surface area (Å²) in [4.78, 5) is 10.9. The number of hydrogen-bond acceptors (Lipinski definition) is 3. The van der Waals surface area contributed by atoms with Gasteiger partial charge in [-0.1, -0.05) is 42.5 Å². The first-order valence-electron chi connectivity index (χ1n) is 9.14. The van der Waals surface area contributed by atoms with Gasteiger partial charge in [0.25, 0.3) is 0 Å². The Kier molecular flexibility index (Phi) is 4.67. The molecule has 1 aromatic heterocycles. The predicted molar refractivity (Wildman–Crippen MR) is 103 cm³/mol. The molecule has 1 aliphatic rings. The number of aliphatic carboxylic acids is 1. The van der Waals surface area contributed by atoms with Gasteiger partial charge in [-0.25, -0.2) is 0 Å². The number of aromatic nitrogens is 2. The third-order valence-corrected chi connectivity index (χ3v) is 5.00. The van der Waals surface area contributed by atoms with Gasteiger partial charge in [-0.2, -0.15) is 5.10 Å². The van der Waals surface area contributed by atoms with Crippen LogP contribution in [0.5, 0.6) is 5.75 Å². The highest BCUT2D eigenvalue weighted by Gasteiger charge is 2.43. The molecule has 27 heavy (non-hydrogen) atoms. The number of hydrogen-bond donors (Lipinski definition) is 1. The van der Waals surface area contributed by atoms with Crippen LogP contribution < -0.4 is 4.74 Å². The van der Waals surface area contributed by atoms with E-state index in [1.54, 1.807) is 0 Å². The van der Waals surface area contributed by atoms with Crippen molar-refractivity contribution in [1.82, 2.24) is 9.78 Å². The molecule has 0 amide bonds. The lowest BCUT2D eigenvalue weighted by atomic mass is 10.1. The molecule has 0 radical (unpaired) electrons. The molecule has 1 aliphatic carbocycles. The zero-order valence-electron chi connectivity index (χ0n) is 15.2. The first kappa shape index (κ1) is 17.3. The maximum absolute atomic E-state index is 10.9. The maximum Gasteiger partial charge on any atom is 0.306 e. The van der Waals surface area contributed by atoms with Gasteiger partial charge in [-0.05, 0) is 36.6 Å². The Morgan fingerprint density at radius 1 is 1.19 bits per heavy atom. The van der Waals surface area contributed by atoms with E-state index >= 15 is 0 Å². The third-order valence-electron chi connectivity index (χ3n) is 5.00. The minimum atomic E-state index is -0.720. The molecule has 2 atom stereocenters. The number of benzene rings is 2. The molecule has 138 valence electrons. The van der Waals surface area contributed by atoms with Gasteiger partial charge in [0.2, 0.25) is 0 Å². The Balaban J connectivity index is 1.41. The van der Waals surface area contributed by atoms with Crippen molar-refractivity contribution in [3.63, 3.8) is 0 Å². The quantitative estimate of drug-likeness (QED) is 0.690. The first-order chi connectivity index (χ1) is 13.1. The van der Waals surface area contributed by atoms with Crippen LogP contribution in [0.2, 0.25) is 0 Å². The fourth-order valence-corrected chi connectivity index (χ4v) is 3.32. The molecule has 1 saturated carbocycles. The number of carboxylic acids is 1. The largest absolute Gasteiger partial charge is 0.493 e. The van der Waals surface area contributed by atoms with Crippen LogP contribution in [0, 0.1) is 18.8 Å². The van der Waals surface area contributed by atoms with Crippen LogP contribution >= 0.6 is 0 Å². The van der Waals surface area contributed by atoms with Gasteiger partial charge in [-0.15, -0.1) is 0 Å². The van der Waals surface area contributed by atoms with E-state index in [1.165, 1.54) is 5.56 Å². The normalized spacial score (nSPS) is 18.3. The number of aryl methyl sites for hydroxylation is 1. The monoisotopic (exact) mass is 362 g/mol. The highest BCUT2D eigenvalue weighted by atomic mass is 16.5. The smallest absolute Gasteiger partial charge is 0.306 e. The molecule has 1 N–H and O–H groups in total. The van der Waals surface area contributed by atoms with Crippen LogP contribution in [0.25, 0.3) is 11.1 Å². The number of carboxylic acid groups (broad SMARTS) is 1. The first-order valence-corrected chi connectivity index (χ1v) is 9.14. The average Bonchev–Trinajstić information content (AvgIpc) is 3.37. The summed E-state index contributed by atoms with van der Waals surface area (Å²) in [6.45, 7) is 3.22. The van der Waals surface area contributed by atoms with Crippen molar-refractivity contribution in [2.45, 2.75) is 19.9 Å². The van der Waals surface area contributed by atoms with Gasteiger partial charge in [0, 0.05) is 17.7 Å². The summed E-state index contributed by atoms with van der Waals surface area (Å²) in [5.74, 6) is -0.0472. The Bertz CT molecular complexity index is 932. The second-order valence-electron chi connectivity index (χ2n) is 7.09. The minimum Gasteiger partial charge on any atom is -0.493 e. The van der Waals surface area contributed by atoms with Crippen molar-refractivity contribution in [3.8, 4) is 16.9 Å². The van der Waals surface area contributed by atoms with Crippen molar-refractivity contribution in [2.24, 2.45) is 11.8 Å². The molecule has 0 saturated heterocycles. The number of rotatable bonds is 7. The third kappa shape index (κ3) is 4.03. The van der Waals surface area contributed by atoms with Crippen molar-refractivity contribution in [3.05, 3.63) is 72.1 Å². The molecular formula is C22H22N2O3.